The Bertz CT molecular complexity index is 1340. The minimum Gasteiger partial charge on any atom is -0.593 e. The summed E-state index contributed by atoms with van der Waals surface area (Å²) in [4.78, 5) is 12.5. The van der Waals surface area contributed by atoms with Gasteiger partial charge in [-0.1, -0.05) is 31.2 Å². The Morgan fingerprint density at radius 1 is 1.27 bits per heavy atom. The van der Waals surface area contributed by atoms with Gasteiger partial charge < -0.3 is 36.2 Å². The maximum absolute atomic E-state index is 13.5. The minimum atomic E-state index is -4.40. The number of anilines is 1. The molecule has 2 aliphatic rings. The lowest BCUT2D eigenvalue weighted by atomic mass is 10.1. The summed E-state index contributed by atoms with van der Waals surface area (Å²) in [6.07, 6.45) is -1.59. The highest BCUT2D eigenvalue weighted by atomic mass is 32.2. The molecule has 2 aromatic carbocycles. The van der Waals surface area contributed by atoms with Crippen molar-refractivity contribution in [3.63, 3.8) is 0 Å². The van der Waals surface area contributed by atoms with Gasteiger partial charge in [0.1, 0.15) is 12.6 Å². The van der Waals surface area contributed by atoms with Crippen molar-refractivity contribution in [2.75, 3.05) is 18.4 Å². The number of hydrogen-bond donors (Lipinski definition) is 5. The number of carbonyl (C=O) groups is 1. The zero-order valence-corrected chi connectivity index (χ0v) is 23.1. The summed E-state index contributed by atoms with van der Waals surface area (Å²) in [5, 5.41) is 22.7. The first-order valence-corrected chi connectivity index (χ1v) is 14.1. The summed E-state index contributed by atoms with van der Waals surface area (Å²) in [6.45, 7) is 1.53. The summed E-state index contributed by atoms with van der Waals surface area (Å²) in [7, 11) is 0. The Hall–Kier alpha value is -3.68. The number of benzene rings is 2. The van der Waals surface area contributed by atoms with Gasteiger partial charge in [0.05, 0.1) is 30.0 Å². The molecule has 0 radical (unpaired) electrons. The fraction of sp³-hybridized carbons (Fsp3) is 0.357. The normalized spacial score (nSPS) is 23.4. The van der Waals surface area contributed by atoms with E-state index in [1.807, 2.05) is 29.4 Å². The molecule has 0 bridgehead atoms. The topological polar surface area (TPSA) is 147 Å². The van der Waals surface area contributed by atoms with E-state index in [1.54, 1.807) is 30.3 Å². The first kappa shape index (κ1) is 30.3. The number of alkyl halides is 3. The quantitative estimate of drug-likeness (QED) is 0.147. The first-order chi connectivity index (χ1) is 19.5. The predicted molar refractivity (Wildman–Crippen MR) is 149 cm³/mol. The van der Waals surface area contributed by atoms with Crippen LogP contribution in [0.3, 0.4) is 0 Å². The maximum atomic E-state index is 13.5. The SMILES string of the molecule is CC[C@@H]1CN(Cc2cccc(N/C(=C(\C=N)C(=O)O)[C@@H]3CC3/C(N)=C/NCC(F)(F)F)c2)[S+]([O-])c2ccccc2O1. The number of nitrogens with zero attached hydrogens (tertiary/aromatic N) is 1. The number of ether oxygens (including phenoxy) is 1. The summed E-state index contributed by atoms with van der Waals surface area (Å²) < 4.78 is 58.8. The molecule has 1 heterocycles. The van der Waals surface area contributed by atoms with Crippen LogP contribution in [0.5, 0.6) is 5.75 Å². The molecule has 0 saturated heterocycles. The van der Waals surface area contributed by atoms with Gasteiger partial charge in [-0.25, -0.2) is 4.79 Å². The molecule has 0 amide bonds. The number of nitrogens with one attached hydrogen (secondary N) is 3. The third-order valence-corrected chi connectivity index (χ3v) is 8.28. The molecule has 0 spiro atoms. The van der Waals surface area contributed by atoms with Crippen LogP contribution < -0.4 is 21.1 Å². The fourth-order valence-electron chi connectivity index (χ4n) is 4.67. The number of halogens is 3. The van der Waals surface area contributed by atoms with E-state index in [4.69, 9.17) is 15.9 Å². The second-order valence-corrected chi connectivity index (χ2v) is 11.3. The molecule has 1 saturated carbocycles. The van der Waals surface area contributed by atoms with Gasteiger partial charge in [0.25, 0.3) is 0 Å². The smallest absolute Gasteiger partial charge is 0.405 e. The molecule has 9 nitrogen and oxygen atoms in total. The van der Waals surface area contributed by atoms with E-state index in [0.717, 1.165) is 24.4 Å². The Kier molecular flexibility index (Phi) is 9.51. The van der Waals surface area contributed by atoms with Crippen molar-refractivity contribution in [1.29, 1.82) is 5.41 Å². The Morgan fingerprint density at radius 2 is 2.02 bits per heavy atom. The van der Waals surface area contributed by atoms with Crippen molar-refractivity contribution < 1.29 is 32.4 Å². The molecular formula is C28H32F3N5O4S. The van der Waals surface area contributed by atoms with Gasteiger partial charge in [-0.3, -0.25) is 0 Å². The number of aliphatic carboxylic acids is 1. The molecule has 4 atom stereocenters. The van der Waals surface area contributed by atoms with Crippen LogP contribution in [0.2, 0.25) is 0 Å². The van der Waals surface area contributed by atoms with E-state index in [0.29, 0.717) is 35.8 Å². The highest BCUT2D eigenvalue weighted by Crippen LogP contribution is 2.48. The van der Waals surface area contributed by atoms with Gasteiger partial charge in [-0.15, -0.1) is 4.31 Å². The van der Waals surface area contributed by atoms with Crippen LogP contribution >= 0.6 is 0 Å². The molecule has 4 rings (SSSR count). The molecule has 2 aromatic rings. The third-order valence-electron chi connectivity index (χ3n) is 6.82. The van der Waals surface area contributed by atoms with Gasteiger partial charge in [0.2, 0.25) is 4.90 Å². The Labute approximate surface area is 239 Å². The van der Waals surface area contributed by atoms with E-state index in [9.17, 15) is 27.6 Å². The fourth-order valence-corrected chi connectivity index (χ4v) is 6.00. The van der Waals surface area contributed by atoms with Crippen molar-refractivity contribution in [3.8, 4) is 5.75 Å². The number of para-hydroxylation sites is 1. The van der Waals surface area contributed by atoms with Gasteiger partial charge in [-0.05, 0) is 42.7 Å². The van der Waals surface area contributed by atoms with E-state index in [-0.39, 0.29) is 29.0 Å². The zero-order valence-electron chi connectivity index (χ0n) is 22.3. The lowest BCUT2D eigenvalue weighted by Crippen LogP contribution is -2.36. The number of rotatable bonds is 11. The molecule has 0 aromatic heterocycles. The monoisotopic (exact) mass is 591 g/mol. The highest BCUT2D eigenvalue weighted by molar-refractivity contribution is 7.89. The zero-order chi connectivity index (χ0) is 29.7. The van der Waals surface area contributed by atoms with E-state index in [1.165, 1.54) is 0 Å². The van der Waals surface area contributed by atoms with Crippen LogP contribution in [0, 0.1) is 17.2 Å². The molecule has 13 heteroatoms. The van der Waals surface area contributed by atoms with Crippen LogP contribution in [-0.4, -0.2) is 51.5 Å². The number of hydrogen-bond acceptors (Lipinski definition) is 8. The van der Waals surface area contributed by atoms with E-state index >= 15 is 0 Å². The minimum absolute atomic E-state index is 0.153. The van der Waals surface area contributed by atoms with Crippen molar-refractivity contribution in [2.24, 2.45) is 17.6 Å². The van der Waals surface area contributed by atoms with Crippen molar-refractivity contribution in [2.45, 2.75) is 43.5 Å². The second-order valence-electron chi connectivity index (χ2n) is 9.86. The van der Waals surface area contributed by atoms with Gasteiger partial charge in [-0.2, -0.15) is 13.2 Å². The summed E-state index contributed by atoms with van der Waals surface area (Å²) in [6, 6.07) is 14.4. The average Bonchev–Trinajstić information content (AvgIpc) is 3.73. The van der Waals surface area contributed by atoms with Gasteiger partial charge >= 0.3 is 12.1 Å². The maximum Gasteiger partial charge on any atom is 0.405 e. The highest BCUT2D eigenvalue weighted by Gasteiger charge is 2.44. The van der Waals surface area contributed by atoms with E-state index in [2.05, 4.69) is 10.6 Å². The number of carboxylic acids is 1. The molecule has 1 fully saturated rings. The van der Waals surface area contributed by atoms with Gasteiger partial charge in [0.15, 0.2) is 5.75 Å². The molecule has 6 N–H and O–H groups in total. The summed E-state index contributed by atoms with van der Waals surface area (Å²) in [5.41, 5.74) is 7.49. The molecular weight excluding hydrogens is 559 g/mol. The lowest BCUT2D eigenvalue weighted by molar-refractivity contribution is -0.132. The predicted octanol–water partition coefficient (Wildman–Crippen LogP) is 4.37. The Morgan fingerprint density at radius 3 is 2.71 bits per heavy atom. The first-order valence-electron chi connectivity index (χ1n) is 13.0. The number of allylic oxidation sites excluding steroid dienone is 2. The molecule has 2 unspecified atom stereocenters. The molecule has 220 valence electrons. The molecule has 1 aliphatic heterocycles. The lowest BCUT2D eigenvalue weighted by Gasteiger charge is -2.23. The van der Waals surface area contributed by atoms with Crippen molar-refractivity contribution in [1.82, 2.24) is 9.62 Å². The largest absolute Gasteiger partial charge is 0.593 e. The van der Waals surface area contributed by atoms with Crippen LogP contribution in [-0.2, 0) is 22.7 Å². The second kappa shape index (κ2) is 12.9. The number of carboxylic acid groups (broad SMARTS) is 1. The van der Waals surface area contributed by atoms with Gasteiger partial charge in [0, 0.05) is 41.3 Å². The summed E-state index contributed by atoms with van der Waals surface area (Å²) >= 11 is -1.47. The van der Waals surface area contributed by atoms with E-state index < -0.39 is 36.0 Å². The standard InChI is InChI=1S/C28H32F3N5O4S/c1-2-19-15-36(41(39)25-9-4-3-8-24(25)40-19)14-17-6-5-7-18(10-17)35-26(22(12-32)27(37)38)21-11-20(21)23(33)13-34-16-28(29,30)31/h3-10,12-13,19-21,32,34-35H,2,11,14-16,33H2,1H3,(H,37,38)/b23-13-,26-22+,32-12?/t19-,20?,21-,41?/m1/s1. The van der Waals surface area contributed by atoms with Crippen molar-refractivity contribution in [3.05, 3.63) is 77.3 Å². The average molecular weight is 592 g/mol. The number of nitrogens with two attached hydrogens (primary N) is 1. The molecule has 1 aliphatic carbocycles. The number of fused-ring (bicyclic) bond motifs is 1. The van der Waals surface area contributed by atoms with Crippen LogP contribution in [0.25, 0.3) is 0 Å². The third kappa shape index (κ3) is 7.75. The molecule has 41 heavy (non-hydrogen) atoms. The summed E-state index contributed by atoms with van der Waals surface area (Å²) in [5.74, 6) is -1.53. The van der Waals surface area contributed by atoms with Crippen LogP contribution in [0.15, 0.2) is 76.6 Å². The van der Waals surface area contributed by atoms with Crippen LogP contribution in [0.4, 0.5) is 18.9 Å². The van der Waals surface area contributed by atoms with Crippen molar-refractivity contribution >= 4 is 29.2 Å². The van der Waals surface area contributed by atoms with Crippen LogP contribution in [0.1, 0.15) is 25.3 Å². The Balaban J connectivity index is 1.53.